The molecule has 0 aromatic carbocycles. The number of dihydropyridines is 1. The smallest absolute Gasteiger partial charge is 0.336 e. The molecule has 5 nitrogen and oxygen atoms in total. The topological polar surface area (TPSA) is 68.5 Å². The van der Waals surface area contributed by atoms with Crippen molar-refractivity contribution in [2.45, 2.75) is 45.4 Å². The minimum atomic E-state index is -0.474. The van der Waals surface area contributed by atoms with Gasteiger partial charge in [-0.1, -0.05) is 6.92 Å². The van der Waals surface area contributed by atoms with E-state index in [9.17, 15) is 9.59 Å². The van der Waals surface area contributed by atoms with Gasteiger partial charge in [0.2, 0.25) is 0 Å². The highest BCUT2D eigenvalue weighted by atomic mass is 16.5. The Morgan fingerprint density at radius 2 is 2.26 bits per heavy atom. The van der Waals surface area contributed by atoms with E-state index in [1.807, 2.05) is 19.9 Å². The van der Waals surface area contributed by atoms with Crippen LogP contribution in [-0.4, -0.2) is 18.4 Å². The second kappa shape index (κ2) is 6.44. The molecule has 122 valence electrons. The zero-order valence-electron chi connectivity index (χ0n) is 13.5. The molecule has 2 aliphatic rings. The molecule has 1 N–H and O–H groups in total. The summed E-state index contributed by atoms with van der Waals surface area (Å²) in [4.78, 5) is 25.1. The fraction of sp³-hybridized carbons (Fsp3) is 0.444. The number of furan rings is 1. The van der Waals surface area contributed by atoms with Crippen molar-refractivity contribution in [2.24, 2.45) is 0 Å². The molecule has 1 aromatic heterocycles. The number of hydrogen-bond donors (Lipinski definition) is 1. The number of carbonyl (C=O) groups is 2. The number of ketones is 1. The van der Waals surface area contributed by atoms with E-state index in [2.05, 4.69) is 5.32 Å². The van der Waals surface area contributed by atoms with E-state index in [1.165, 1.54) is 0 Å². The molecule has 0 radical (unpaired) electrons. The molecular weight excluding hydrogens is 294 g/mol. The van der Waals surface area contributed by atoms with Gasteiger partial charge in [0.1, 0.15) is 5.76 Å². The quantitative estimate of drug-likeness (QED) is 0.864. The van der Waals surface area contributed by atoms with Gasteiger partial charge in [0.15, 0.2) is 5.78 Å². The minimum absolute atomic E-state index is 0.0773. The van der Waals surface area contributed by atoms with Crippen LogP contribution in [0.2, 0.25) is 0 Å². The van der Waals surface area contributed by atoms with Crippen molar-refractivity contribution >= 4 is 11.8 Å². The molecule has 5 heteroatoms. The van der Waals surface area contributed by atoms with Crippen LogP contribution >= 0.6 is 0 Å². The van der Waals surface area contributed by atoms with Crippen molar-refractivity contribution in [3.63, 3.8) is 0 Å². The third-order valence-corrected chi connectivity index (χ3v) is 4.26. The summed E-state index contributed by atoms with van der Waals surface area (Å²) in [6.07, 6.45) is 4.47. The normalized spacial score (nSPS) is 21.1. The molecule has 1 aliphatic heterocycles. The van der Waals surface area contributed by atoms with Crippen LogP contribution in [0.25, 0.3) is 0 Å². The van der Waals surface area contributed by atoms with Crippen LogP contribution in [0.4, 0.5) is 0 Å². The van der Waals surface area contributed by atoms with E-state index in [1.54, 1.807) is 12.3 Å². The first-order chi connectivity index (χ1) is 11.1. The van der Waals surface area contributed by atoms with Crippen molar-refractivity contribution in [1.29, 1.82) is 0 Å². The van der Waals surface area contributed by atoms with Crippen LogP contribution in [0.5, 0.6) is 0 Å². The first kappa shape index (κ1) is 15.6. The fourth-order valence-corrected chi connectivity index (χ4v) is 3.27. The van der Waals surface area contributed by atoms with Gasteiger partial charge >= 0.3 is 5.97 Å². The van der Waals surface area contributed by atoms with Gasteiger partial charge in [-0.3, -0.25) is 4.79 Å². The first-order valence-electron chi connectivity index (χ1n) is 8.08. The molecule has 23 heavy (non-hydrogen) atoms. The molecule has 0 amide bonds. The van der Waals surface area contributed by atoms with Crippen molar-refractivity contribution in [3.8, 4) is 0 Å². The lowest BCUT2D eigenvalue weighted by molar-refractivity contribution is -0.139. The lowest BCUT2D eigenvalue weighted by atomic mass is 9.77. The molecule has 1 atom stereocenters. The van der Waals surface area contributed by atoms with Crippen LogP contribution in [0, 0.1) is 0 Å². The largest absolute Gasteiger partial charge is 0.468 e. The van der Waals surface area contributed by atoms with Gasteiger partial charge in [0.25, 0.3) is 0 Å². The van der Waals surface area contributed by atoms with Crippen LogP contribution < -0.4 is 5.32 Å². The summed E-state index contributed by atoms with van der Waals surface area (Å²) in [5.74, 6) is -0.174. The Morgan fingerprint density at radius 1 is 1.43 bits per heavy atom. The van der Waals surface area contributed by atoms with E-state index < -0.39 is 5.92 Å². The lowest BCUT2D eigenvalue weighted by Gasteiger charge is -2.32. The molecule has 0 bridgehead atoms. The zero-order valence-corrected chi connectivity index (χ0v) is 13.5. The van der Waals surface area contributed by atoms with E-state index >= 15 is 0 Å². The summed E-state index contributed by atoms with van der Waals surface area (Å²) in [6, 6.07) is 3.58. The zero-order chi connectivity index (χ0) is 16.4. The predicted molar refractivity (Wildman–Crippen MR) is 84.4 cm³/mol. The predicted octanol–water partition coefficient (Wildman–Crippen LogP) is 3.20. The molecular formula is C18H21NO4. The summed E-state index contributed by atoms with van der Waals surface area (Å²) in [5, 5.41) is 3.24. The van der Waals surface area contributed by atoms with Gasteiger partial charge in [-0.2, -0.15) is 0 Å². The Morgan fingerprint density at radius 3 is 2.96 bits per heavy atom. The number of Topliss-reactive ketones (excluding diaryl/α,β-unsaturated/α-hetero) is 1. The Kier molecular flexibility index (Phi) is 4.37. The highest BCUT2D eigenvalue weighted by Gasteiger charge is 2.40. The van der Waals surface area contributed by atoms with Gasteiger partial charge < -0.3 is 14.5 Å². The van der Waals surface area contributed by atoms with E-state index in [4.69, 9.17) is 9.15 Å². The number of nitrogens with one attached hydrogen (secondary N) is 1. The van der Waals surface area contributed by atoms with Gasteiger partial charge in [0, 0.05) is 23.4 Å². The van der Waals surface area contributed by atoms with Crippen LogP contribution in [-0.2, 0) is 14.3 Å². The molecule has 2 heterocycles. The Bertz CT molecular complexity index is 682. The maximum absolute atomic E-state index is 12.6. The monoisotopic (exact) mass is 315 g/mol. The summed E-state index contributed by atoms with van der Waals surface area (Å²) in [7, 11) is 0. The van der Waals surface area contributed by atoms with E-state index in [-0.39, 0.29) is 11.8 Å². The number of esters is 1. The molecule has 3 rings (SSSR count). The molecule has 0 unspecified atom stereocenters. The Labute approximate surface area is 135 Å². The third-order valence-electron chi connectivity index (χ3n) is 4.26. The minimum Gasteiger partial charge on any atom is -0.468 e. The number of allylic oxidation sites excluding steroid dienone is 3. The highest BCUT2D eigenvalue weighted by molar-refractivity contribution is 6.03. The third kappa shape index (κ3) is 2.83. The maximum atomic E-state index is 12.6. The molecule has 0 spiro atoms. The second-order valence-electron chi connectivity index (χ2n) is 5.92. The van der Waals surface area contributed by atoms with Gasteiger partial charge in [-0.05, 0) is 38.3 Å². The van der Waals surface area contributed by atoms with Gasteiger partial charge in [-0.25, -0.2) is 4.79 Å². The first-order valence-corrected chi connectivity index (χ1v) is 8.08. The number of rotatable bonds is 4. The van der Waals surface area contributed by atoms with E-state index in [0.29, 0.717) is 29.9 Å². The highest BCUT2D eigenvalue weighted by Crippen LogP contribution is 2.42. The number of ether oxygens (including phenoxy) is 1. The Balaban J connectivity index is 2.06. The average molecular weight is 315 g/mol. The summed E-state index contributed by atoms with van der Waals surface area (Å²) in [5.41, 5.74) is 2.77. The fourth-order valence-electron chi connectivity index (χ4n) is 3.27. The van der Waals surface area contributed by atoms with Gasteiger partial charge in [-0.15, -0.1) is 0 Å². The number of carbonyl (C=O) groups excluding carboxylic acids is 2. The lowest BCUT2D eigenvalue weighted by Crippen LogP contribution is -2.34. The summed E-state index contributed by atoms with van der Waals surface area (Å²) < 4.78 is 10.9. The molecule has 0 saturated heterocycles. The van der Waals surface area contributed by atoms with Gasteiger partial charge in [0.05, 0.1) is 24.4 Å². The van der Waals surface area contributed by atoms with Crippen molar-refractivity contribution in [1.82, 2.24) is 5.32 Å². The molecule has 0 saturated carbocycles. The van der Waals surface area contributed by atoms with Crippen molar-refractivity contribution < 1.29 is 18.7 Å². The van der Waals surface area contributed by atoms with Crippen molar-refractivity contribution in [2.75, 3.05) is 6.61 Å². The Hall–Kier alpha value is -2.30. The average Bonchev–Trinajstić information content (AvgIpc) is 3.05. The van der Waals surface area contributed by atoms with Crippen molar-refractivity contribution in [3.05, 3.63) is 46.7 Å². The maximum Gasteiger partial charge on any atom is 0.336 e. The van der Waals surface area contributed by atoms with Crippen LogP contribution in [0.15, 0.2) is 45.4 Å². The SMILES string of the molecule is CCCOC(=O)C1=C(C)NC2=C(C(=O)CCC2)[C@H]1c1ccco1. The van der Waals surface area contributed by atoms with Crippen LogP contribution in [0.1, 0.15) is 51.2 Å². The molecule has 1 aromatic rings. The molecule has 0 fully saturated rings. The second-order valence-corrected chi connectivity index (χ2v) is 5.92. The summed E-state index contributed by atoms with van der Waals surface area (Å²) in [6.45, 7) is 4.16. The number of hydrogen-bond acceptors (Lipinski definition) is 5. The van der Waals surface area contributed by atoms with E-state index in [0.717, 1.165) is 30.7 Å². The summed E-state index contributed by atoms with van der Waals surface area (Å²) >= 11 is 0. The van der Waals surface area contributed by atoms with Crippen LogP contribution in [0.3, 0.4) is 0 Å². The molecule has 1 aliphatic carbocycles. The standard InChI is InChI=1S/C18H21NO4/c1-3-9-23-18(21)15-11(2)19-12-6-4-7-13(20)16(12)17(15)14-8-5-10-22-14/h5,8,10,17,19H,3-4,6-7,9H2,1-2H3/t17-/m0/s1.